The predicted octanol–water partition coefficient (Wildman–Crippen LogP) is 2.10. The average Bonchev–Trinajstić information content (AvgIpc) is 2.14. The molecule has 1 saturated carbocycles. The SMILES string of the molecule is CNCc1cc(C)nc(N(C)C2CCC2)c1. The van der Waals surface area contributed by atoms with Gasteiger partial charge in [0.15, 0.2) is 0 Å². The summed E-state index contributed by atoms with van der Waals surface area (Å²) in [6.45, 7) is 2.98. The quantitative estimate of drug-likeness (QED) is 0.840. The summed E-state index contributed by atoms with van der Waals surface area (Å²) in [5.74, 6) is 1.12. The van der Waals surface area contributed by atoms with Gasteiger partial charge in [0.05, 0.1) is 0 Å². The maximum absolute atomic E-state index is 4.62. The number of nitrogens with zero attached hydrogens (tertiary/aromatic N) is 2. The van der Waals surface area contributed by atoms with Crippen LogP contribution in [0.25, 0.3) is 0 Å². The van der Waals surface area contributed by atoms with Crippen LogP contribution >= 0.6 is 0 Å². The first-order chi connectivity index (χ1) is 7.70. The number of hydrogen-bond acceptors (Lipinski definition) is 3. The van der Waals surface area contributed by atoms with Crippen LogP contribution in [0.5, 0.6) is 0 Å². The van der Waals surface area contributed by atoms with Gasteiger partial charge in [-0.15, -0.1) is 0 Å². The van der Waals surface area contributed by atoms with Crippen LogP contribution < -0.4 is 10.2 Å². The zero-order valence-corrected chi connectivity index (χ0v) is 10.5. The Morgan fingerprint density at radius 2 is 2.19 bits per heavy atom. The van der Waals surface area contributed by atoms with Crippen LogP contribution in [0, 0.1) is 6.92 Å². The molecule has 1 aliphatic rings. The van der Waals surface area contributed by atoms with Crippen molar-refractivity contribution in [2.24, 2.45) is 0 Å². The zero-order chi connectivity index (χ0) is 11.5. The molecule has 3 nitrogen and oxygen atoms in total. The highest BCUT2D eigenvalue weighted by Crippen LogP contribution is 2.27. The third-order valence-electron chi connectivity index (χ3n) is 3.36. The van der Waals surface area contributed by atoms with Crippen molar-refractivity contribution in [3.05, 3.63) is 23.4 Å². The lowest BCUT2D eigenvalue weighted by molar-refractivity contribution is 0.399. The Bertz CT molecular complexity index is 358. The molecular weight excluding hydrogens is 198 g/mol. The Hall–Kier alpha value is -1.09. The molecule has 0 saturated heterocycles. The van der Waals surface area contributed by atoms with Gasteiger partial charge in [-0.3, -0.25) is 0 Å². The molecule has 1 aliphatic carbocycles. The van der Waals surface area contributed by atoms with Gasteiger partial charge >= 0.3 is 0 Å². The van der Waals surface area contributed by atoms with Gasteiger partial charge in [0, 0.05) is 25.3 Å². The number of rotatable bonds is 4. The van der Waals surface area contributed by atoms with Crippen molar-refractivity contribution >= 4 is 5.82 Å². The molecule has 1 aromatic heterocycles. The minimum absolute atomic E-state index is 0.705. The Kier molecular flexibility index (Phi) is 3.44. The monoisotopic (exact) mass is 219 g/mol. The van der Waals surface area contributed by atoms with Gasteiger partial charge in [0.25, 0.3) is 0 Å². The summed E-state index contributed by atoms with van der Waals surface area (Å²) in [6, 6.07) is 5.05. The first kappa shape index (κ1) is 11.4. The Morgan fingerprint density at radius 3 is 2.75 bits per heavy atom. The topological polar surface area (TPSA) is 28.2 Å². The molecule has 2 rings (SSSR count). The van der Waals surface area contributed by atoms with E-state index in [0.29, 0.717) is 6.04 Å². The van der Waals surface area contributed by atoms with Crippen LogP contribution in [0.4, 0.5) is 5.82 Å². The number of aromatic nitrogens is 1. The first-order valence-electron chi connectivity index (χ1n) is 6.05. The van der Waals surface area contributed by atoms with E-state index in [9.17, 15) is 0 Å². The first-order valence-corrected chi connectivity index (χ1v) is 6.05. The molecule has 1 N–H and O–H groups in total. The van der Waals surface area contributed by atoms with Crippen molar-refractivity contribution in [1.29, 1.82) is 0 Å². The fourth-order valence-corrected chi connectivity index (χ4v) is 2.17. The summed E-state index contributed by atoms with van der Waals surface area (Å²) in [5.41, 5.74) is 2.42. The van der Waals surface area contributed by atoms with Crippen LogP contribution in [0.1, 0.15) is 30.5 Å². The molecule has 88 valence electrons. The lowest BCUT2D eigenvalue weighted by Crippen LogP contribution is -2.37. The normalized spacial score (nSPS) is 15.9. The van der Waals surface area contributed by atoms with Crippen LogP contribution in [0.15, 0.2) is 12.1 Å². The van der Waals surface area contributed by atoms with Gasteiger partial charge in [-0.05, 0) is 50.9 Å². The van der Waals surface area contributed by atoms with E-state index in [1.165, 1.54) is 24.8 Å². The molecule has 1 aromatic rings. The predicted molar refractivity (Wildman–Crippen MR) is 67.8 cm³/mol. The molecule has 0 radical (unpaired) electrons. The molecule has 0 aromatic carbocycles. The molecule has 1 fully saturated rings. The van der Waals surface area contributed by atoms with E-state index >= 15 is 0 Å². The van der Waals surface area contributed by atoms with Gasteiger partial charge in [-0.2, -0.15) is 0 Å². The van der Waals surface area contributed by atoms with E-state index in [1.807, 2.05) is 7.05 Å². The van der Waals surface area contributed by atoms with Crippen molar-refractivity contribution in [2.75, 3.05) is 19.0 Å². The molecule has 0 amide bonds. The smallest absolute Gasteiger partial charge is 0.129 e. The van der Waals surface area contributed by atoms with Crippen LogP contribution in [-0.2, 0) is 6.54 Å². The number of nitrogens with one attached hydrogen (secondary N) is 1. The van der Waals surface area contributed by atoms with Crippen molar-refractivity contribution < 1.29 is 0 Å². The van der Waals surface area contributed by atoms with E-state index < -0.39 is 0 Å². The molecule has 0 bridgehead atoms. The summed E-state index contributed by atoms with van der Waals surface area (Å²) in [4.78, 5) is 6.95. The largest absolute Gasteiger partial charge is 0.357 e. The van der Waals surface area contributed by atoms with E-state index in [2.05, 4.69) is 41.3 Å². The van der Waals surface area contributed by atoms with Crippen LogP contribution in [-0.4, -0.2) is 25.1 Å². The Morgan fingerprint density at radius 1 is 1.44 bits per heavy atom. The van der Waals surface area contributed by atoms with Crippen LogP contribution in [0.3, 0.4) is 0 Å². The lowest BCUT2D eigenvalue weighted by atomic mass is 9.92. The highest BCUT2D eigenvalue weighted by atomic mass is 15.2. The Labute approximate surface area is 97.9 Å². The Balaban J connectivity index is 2.18. The van der Waals surface area contributed by atoms with E-state index in [4.69, 9.17) is 0 Å². The standard InChI is InChI=1S/C13H21N3/c1-10-7-11(9-14-2)8-13(15-10)16(3)12-5-4-6-12/h7-8,12,14H,4-6,9H2,1-3H3. The summed E-state index contributed by atoms with van der Waals surface area (Å²) in [7, 11) is 4.14. The highest BCUT2D eigenvalue weighted by Gasteiger charge is 2.23. The van der Waals surface area contributed by atoms with Crippen molar-refractivity contribution in [3.63, 3.8) is 0 Å². The number of anilines is 1. The second-order valence-electron chi connectivity index (χ2n) is 4.70. The van der Waals surface area contributed by atoms with Gasteiger partial charge in [0.2, 0.25) is 0 Å². The molecule has 1 heterocycles. The number of hydrogen-bond donors (Lipinski definition) is 1. The third-order valence-corrected chi connectivity index (χ3v) is 3.36. The van der Waals surface area contributed by atoms with Gasteiger partial charge in [-0.1, -0.05) is 0 Å². The zero-order valence-electron chi connectivity index (χ0n) is 10.5. The number of aryl methyl sites for hydroxylation is 1. The molecule has 0 spiro atoms. The maximum Gasteiger partial charge on any atom is 0.129 e. The van der Waals surface area contributed by atoms with Crippen LogP contribution in [0.2, 0.25) is 0 Å². The summed E-state index contributed by atoms with van der Waals surface area (Å²) < 4.78 is 0. The van der Waals surface area contributed by atoms with E-state index in [-0.39, 0.29) is 0 Å². The summed E-state index contributed by atoms with van der Waals surface area (Å²) >= 11 is 0. The molecule has 0 aliphatic heterocycles. The second-order valence-corrected chi connectivity index (χ2v) is 4.70. The van der Waals surface area contributed by atoms with E-state index in [1.54, 1.807) is 0 Å². The average molecular weight is 219 g/mol. The minimum atomic E-state index is 0.705. The highest BCUT2D eigenvalue weighted by molar-refractivity contribution is 5.43. The lowest BCUT2D eigenvalue weighted by Gasteiger charge is -2.35. The molecule has 0 atom stereocenters. The maximum atomic E-state index is 4.62. The third kappa shape index (κ3) is 2.35. The van der Waals surface area contributed by atoms with Gasteiger partial charge < -0.3 is 10.2 Å². The fourth-order valence-electron chi connectivity index (χ4n) is 2.17. The molecule has 16 heavy (non-hydrogen) atoms. The second kappa shape index (κ2) is 4.83. The summed E-state index contributed by atoms with van der Waals surface area (Å²) in [5, 5.41) is 3.19. The molecule has 0 unspecified atom stereocenters. The molecule has 3 heteroatoms. The number of pyridine rings is 1. The van der Waals surface area contributed by atoms with Gasteiger partial charge in [0.1, 0.15) is 5.82 Å². The van der Waals surface area contributed by atoms with Gasteiger partial charge in [-0.25, -0.2) is 4.98 Å². The molecular formula is C13H21N3. The summed E-state index contributed by atoms with van der Waals surface area (Å²) in [6.07, 6.45) is 3.99. The van der Waals surface area contributed by atoms with Crippen molar-refractivity contribution in [3.8, 4) is 0 Å². The van der Waals surface area contributed by atoms with Crippen molar-refractivity contribution in [2.45, 2.75) is 38.8 Å². The fraction of sp³-hybridized carbons (Fsp3) is 0.615. The minimum Gasteiger partial charge on any atom is -0.357 e. The van der Waals surface area contributed by atoms with Crippen molar-refractivity contribution in [1.82, 2.24) is 10.3 Å². The van der Waals surface area contributed by atoms with E-state index in [0.717, 1.165) is 18.1 Å².